The van der Waals surface area contributed by atoms with E-state index in [1.807, 2.05) is 25.2 Å². The summed E-state index contributed by atoms with van der Waals surface area (Å²) in [6, 6.07) is 8.13. The molecule has 96 valence electrons. The molecule has 2 aromatic rings. The van der Waals surface area contributed by atoms with Crippen molar-refractivity contribution in [1.82, 2.24) is 5.32 Å². The van der Waals surface area contributed by atoms with Gasteiger partial charge in [0, 0.05) is 16.6 Å². The third-order valence-electron chi connectivity index (χ3n) is 2.45. The van der Waals surface area contributed by atoms with Gasteiger partial charge < -0.3 is 10.1 Å². The fourth-order valence-corrected chi connectivity index (χ4v) is 3.51. The molecular formula is C13H13Br2NOS. The molecule has 0 bridgehead atoms. The largest absolute Gasteiger partial charge is 0.487 e. The molecule has 1 heterocycles. The molecule has 2 nitrogen and oxygen atoms in total. The summed E-state index contributed by atoms with van der Waals surface area (Å²) in [6.07, 6.45) is 0. The molecule has 0 aliphatic heterocycles. The first kappa shape index (κ1) is 14.1. The van der Waals surface area contributed by atoms with Crippen LogP contribution in [-0.2, 0) is 13.2 Å². The quantitative estimate of drug-likeness (QED) is 0.807. The Labute approximate surface area is 128 Å². The number of benzene rings is 1. The van der Waals surface area contributed by atoms with Gasteiger partial charge in [0.05, 0.1) is 9.35 Å². The van der Waals surface area contributed by atoms with Crippen LogP contribution >= 0.6 is 43.2 Å². The Kier molecular flexibility index (Phi) is 5.24. The first-order valence-corrected chi connectivity index (χ1v) is 7.95. The van der Waals surface area contributed by atoms with Crippen LogP contribution in [0.3, 0.4) is 0 Å². The van der Waals surface area contributed by atoms with Crippen molar-refractivity contribution in [1.29, 1.82) is 0 Å². The third-order valence-corrected chi connectivity index (χ3v) is 4.98. The number of para-hydroxylation sites is 1. The third kappa shape index (κ3) is 3.35. The van der Waals surface area contributed by atoms with E-state index in [4.69, 9.17) is 4.74 Å². The van der Waals surface area contributed by atoms with E-state index < -0.39 is 0 Å². The van der Waals surface area contributed by atoms with Crippen LogP contribution < -0.4 is 10.1 Å². The van der Waals surface area contributed by atoms with Gasteiger partial charge in [0.2, 0.25) is 0 Å². The van der Waals surface area contributed by atoms with E-state index in [1.54, 1.807) is 11.3 Å². The zero-order valence-corrected chi connectivity index (χ0v) is 13.9. The molecule has 0 unspecified atom stereocenters. The molecule has 0 atom stereocenters. The average Bonchev–Trinajstić information content (AvgIpc) is 2.75. The van der Waals surface area contributed by atoms with Crippen LogP contribution in [-0.4, -0.2) is 7.05 Å². The fraction of sp³-hybridized carbons (Fsp3) is 0.231. The molecule has 1 aromatic heterocycles. The lowest BCUT2D eigenvalue weighted by molar-refractivity contribution is 0.303. The standard InChI is InChI=1S/C13H13Br2NOS/c1-16-7-9-3-2-4-11(15)13(9)17-8-12-10(14)5-6-18-12/h2-6,16H,7-8H2,1H3. The first-order valence-electron chi connectivity index (χ1n) is 5.49. The number of ether oxygens (including phenoxy) is 1. The van der Waals surface area contributed by atoms with Crippen molar-refractivity contribution in [2.75, 3.05) is 7.05 Å². The smallest absolute Gasteiger partial charge is 0.138 e. The van der Waals surface area contributed by atoms with Gasteiger partial charge in [0.15, 0.2) is 0 Å². The second-order valence-electron chi connectivity index (χ2n) is 3.74. The number of nitrogens with one attached hydrogen (secondary N) is 1. The number of hydrogen-bond donors (Lipinski definition) is 1. The lowest BCUT2D eigenvalue weighted by atomic mass is 10.2. The second kappa shape index (κ2) is 6.70. The minimum Gasteiger partial charge on any atom is -0.487 e. The van der Waals surface area contributed by atoms with Gasteiger partial charge in [0.1, 0.15) is 12.4 Å². The van der Waals surface area contributed by atoms with E-state index >= 15 is 0 Å². The minimum atomic E-state index is 0.581. The van der Waals surface area contributed by atoms with E-state index in [0.29, 0.717) is 6.61 Å². The molecule has 0 fully saturated rings. The maximum Gasteiger partial charge on any atom is 0.138 e. The molecule has 18 heavy (non-hydrogen) atoms. The summed E-state index contributed by atoms with van der Waals surface area (Å²) >= 11 is 8.74. The molecule has 2 rings (SSSR count). The van der Waals surface area contributed by atoms with Gasteiger partial charge in [-0.05, 0) is 56.4 Å². The van der Waals surface area contributed by atoms with Crippen LogP contribution in [0, 0.1) is 0 Å². The Balaban J connectivity index is 2.15. The molecule has 1 aromatic carbocycles. The van der Waals surface area contributed by atoms with Crippen molar-refractivity contribution in [2.24, 2.45) is 0 Å². The summed E-state index contributed by atoms with van der Waals surface area (Å²) in [5, 5.41) is 5.20. The summed E-state index contributed by atoms with van der Waals surface area (Å²) in [5.74, 6) is 0.909. The first-order chi connectivity index (χ1) is 8.72. The monoisotopic (exact) mass is 389 g/mol. The van der Waals surface area contributed by atoms with Gasteiger partial charge in [-0.25, -0.2) is 0 Å². The molecule has 0 aliphatic carbocycles. The van der Waals surface area contributed by atoms with Gasteiger partial charge in [-0.15, -0.1) is 11.3 Å². The molecule has 0 spiro atoms. The topological polar surface area (TPSA) is 21.3 Å². The maximum absolute atomic E-state index is 5.94. The average molecular weight is 391 g/mol. The number of halogens is 2. The molecule has 0 aliphatic rings. The van der Waals surface area contributed by atoms with Crippen LogP contribution in [0.15, 0.2) is 38.6 Å². The van der Waals surface area contributed by atoms with Crippen molar-refractivity contribution in [3.63, 3.8) is 0 Å². The maximum atomic E-state index is 5.94. The summed E-state index contributed by atoms with van der Waals surface area (Å²) in [6.45, 7) is 1.37. The molecule has 5 heteroatoms. The van der Waals surface area contributed by atoms with Crippen LogP contribution in [0.1, 0.15) is 10.4 Å². The van der Waals surface area contributed by atoms with E-state index in [9.17, 15) is 0 Å². The SMILES string of the molecule is CNCc1cccc(Br)c1OCc1sccc1Br. The fourth-order valence-electron chi connectivity index (χ4n) is 1.61. The number of hydrogen-bond acceptors (Lipinski definition) is 3. The Morgan fingerprint density at radius 1 is 1.22 bits per heavy atom. The highest BCUT2D eigenvalue weighted by Crippen LogP contribution is 2.31. The Hall–Kier alpha value is -0.360. The van der Waals surface area contributed by atoms with E-state index in [1.165, 1.54) is 4.88 Å². The summed E-state index contributed by atoms with van der Waals surface area (Å²) in [4.78, 5) is 1.20. The van der Waals surface area contributed by atoms with E-state index in [-0.39, 0.29) is 0 Å². The highest BCUT2D eigenvalue weighted by Gasteiger charge is 2.09. The normalized spacial score (nSPS) is 10.6. The molecule has 0 amide bonds. The minimum absolute atomic E-state index is 0.581. The molecular weight excluding hydrogens is 378 g/mol. The zero-order chi connectivity index (χ0) is 13.0. The van der Waals surface area contributed by atoms with Gasteiger partial charge in [-0.2, -0.15) is 0 Å². The highest BCUT2D eigenvalue weighted by molar-refractivity contribution is 9.10. The summed E-state index contributed by atoms with van der Waals surface area (Å²) in [5.41, 5.74) is 1.15. The van der Waals surface area contributed by atoms with E-state index in [0.717, 1.165) is 26.8 Å². The highest BCUT2D eigenvalue weighted by atomic mass is 79.9. The van der Waals surface area contributed by atoms with E-state index in [2.05, 4.69) is 48.6 Å². The van der Waals surface area contributed by atoms with Crippen molar-refractivity contribution in [2.45, 2.75) is 13.2 Å². The second-order valence-corrected chi connectivity index (χ2v) is 6.45. The van der Waals surface area contributed by atoms with Crippen LogP contribution in [0.4, 0.5) is 0 Å². The summed E-state index contributed by atoms with van der Waals surface area (Å²) < 4.78 is 8.03. The number of rotatable bonds is 5. The van der Waals surface area contributed by atoms with Crippen molar-refractivity contribution >= 4 is 43.2 Å². The molecule has 0 radical (unpaired) electrons. The van der Waals surface area contributed by atoms with Crippen LogP contribution in [0.25, 0.3) is 0 Å². The molecule has 0 saturated carbocycles. The van der Waals surface area contributed by atoms with Crippen LogP contribution in [0.2, 0.25) is 0 Å². The molecule has 1 N–H and O–H groups in total. The molecule has 0 saturated heterocycles. The van der Waals surface area contributed by atoms with Gasteiger partial charge in [-0.3, -0.25) is 0 Å². The lowest BCUT2D eigenvalue weighted by Crippen LogP contribution is -2.07. The van der Waals surface area contributed by atoms with Crippen molar-refractivity contribution < 1.29 is 4.74 Å². The zero-order valence-electron chi connectivity index (χ0n) is 9.87. The Bertz CT molecular complexity index is 527. The van der Waals surface area contributed by atoms with Gasteiger partial charge in [0.25, 0.3) is 0 Å². The number of thiophene rings is 1. The van der Waals surface area contributed by atoms with Gasteiger partial charge in [-0.1, -0.05) is 12.1 Å². The van der Waals surface area contributed by atoms with Gasteiger partial charge >= 0.3 is 0 Å². The predicted molar refractivity (Wildman–Crippen MR) is 83.3 cm³/mol. The predicted octanol–water partition coefficient (Wildman–Crippen LogP) is 4.57. The lowest BCUT2D eigenvalue weighted by Gasteiger charge is -2.12. The Morgan fingerprint density at radius 3 is 2.72 bits per heavy atom. The van der Waals surface area contributed by atoms with Crippen LogP contribution in [0.5, 0.6) is 5.75 Å². The Morgan fingerprint density at radius 2 is 2.06 bits per heavy atom. The van der Waals surface area contributed by atoms with Crippen molar-refractivity contribution in [3.05, 3.63) is 49.0 Å². The summed E-state index contributed by atoms with van der Waals surface area (Å²) in [7, 11) is 1.93. The van der Waals surface area contributed by atoms with Crippen molar-refractivity contribution in [3.8, 4) is 5.75 Å².